The number of aromatic nitrogens is 6. The van der Waals surface area contributed by atoms with Crippen molar-refractivity contribution in [3.63, 3.8) is 0 Å². The third-order valence-corrected chi connectivity index (χ3v) is 13.3. The highest BCUT2D eigenvalue weighted by Crippen LogP contribution is 2.44. The summed E-state index contributed by atoms with van der Waals surface area (Å²) in [7, 11) is 3.44. The van der Waals surface area contributed by atoms with Crippen LogP contribution in [0.3, 0.4) is 0 Å². The molecule has 7 heterocycles. The SMILES string of the molecule is CC(=O)N1CCc2c(c(N3CCCc4cc(-c5cnn(C)c5)c(C(F)F)cc43)nn2C2CCN(C(=O)CCCCNc3cccc4c3n(C)c(=O)n4C3CCC(=O)NC3=O)CC2)C1. The summed E-state index contributed by atoms with van der Waals surface area (Å²) in [5.74, 6) is -0.0217. The highest BCUT2D eigenvalue weighted by atomic mass is 19.3. The molecule has 2 aromatic carbocycles. The van der Waals surface area contributed by atoms with Crippen LogP contribution >= 0.6 is 0 Å². The van der Waals surface area contributed by atoms with E-state index in [0.29, 0.717) is 86.5 Å². The van der Waals surface area contributed by atoms with E-state index in [1.807, 2.05) is 28.0 Å². The van der Waals surface area contributed by atoms with E-state index in [1.165, 1.54) is 9.13 Å². The lowest BCUT2D eigenvalue weighted by molar-refractivity contribution is -0.136. The fourth-order valence-corrected chi connectivity index (χ4v) is 10.0. The van der Waals surface area contributed by atoms with Crippen molar-refractivity contribution < 1.29 is 28.0 Å². The van der Waals surface area contributed by atoms with Crippen LogP contribution < -0.4 is 21.2 Å². The van der Waals surface area contributed by atoms with Gasteiger partial charge in [-0.15, -0.1) is 0 Å². The predicted octanol–water partition coefficient (Wildman–Crippen LogP) is 5.29. The van der Waals surface area contributed by atoms with Crippen molar-refractivity contribution in [1.82, 2.24) is 43.8 Å². The number of para-hydroxylation sites is 1. The number of hydrogen-bond donors (Lipinski definition) is 2. The molecule has 0 aliphatic carbocycles. The zero-order valence-electron chi connectivity index (χ0n) is 35.9. The number of piperidine rings is 2. The quantitative estimate of drug-likeness (QED) is 0.133. The van der Waals surface area contributed by atoms with Gasteiger partial charge < -0.3 is 20.0 Å². The summed E-state index contributed by atoms with van der Waals surface area (Å²) in [6, 6.07) is 8.30. The number of carbonyl (C=O) groups excluding carboxylic acids is 4. The molecule has 9 rings (SSSR count). The molecule has 332 valence electrons. The lowest BCUT2D eigenvalue weighted by Gasteiger charge is -2.34. The van der Waals surface area contributed by atoms with E-state index in [2.05, 4.69) is 25.3 Å². The van der Waals surface area contributed by atoms with Crippen molar-refractivity contribution in [1.29, 1.82) is 0 Å². The van der Waals surface area contributed by atoms with Crippen LogP contribution in [0.15, 0.2) is 47.5 Å². The van der Waals surface area contributed by atoms with Crippen LogP contribution in [0.25, 0.3) is 22.2 Å². The number of rotatable bonds is 11. The van der Waals surface area contributed by atoms with Crippen molar-refractivity contribution in [2.75, 3.05) is 42.9 Å². The normalized spacial score (nSPS) is 18.3. The van der Waals surface area contributed by atoms with Gasteiger partial charge in [-0.3, -0.25) is 43.0 Å². The maximum absolute atomic E-state index is 14.7. The van der Waals surface area contributed by atoms with Crippen molar-refractivity contribution in [2.45, 2.75) is 96.2 Å². The number of nitrogens with one attached hydrogen (secondary N) is 2. The number of unbranched alkanes of at least 4 members (excludes halogenated alkanes) is 1. The Labute approximate surface area is 362 Å². The Balaban J connectivity index is 0.852. The molecule has 63 heavy (non-hydrogen) atoms. The van der Waals surface area contributed by atoms with Gasteiger partial charge in [0, 0.05) is 107 Å². The average molecular weight is 866 g/mol. The van der Waals surface area contributed by atoms with Gasteiger partial charge in [-0.2, -0.15) is 10.2 Å². The summed E-state index contributed by atoms with van der Waals surface area (Å²) in [5, 5.41) is 15.3. The number of imidazole rings is 1. The fourth-order valence-electron chi connectivity index (χ4n) is 10.0. The smallest absolute Gasteiger partial charge is 0.329 e. The number of alkyl halides is 2. The van der Waals surface area contributed by atoms with Crippen molar-refractivity contribution in [2.24, 2.45) is 14.1 Å². The first kappa shape index (κ1) is 42.0. The van der Waals surface area contributed by atoms with E-state index >= 15 is 0 Å². The highest BCUT2D eigenvalue weighted by Gasteiger charge is 2.36. The number of likely N-dealkylation sites (tertiary alicyclic amines) is 1. The Hall–Kier alpha value is -6.33. The summed E-state index contributed by atoms with van der Waals surface area (Å²) in [4.78, 5) is 69.6. The number of imide groups is 1. The first-order chi connectivity index (χ1) is 30.4. The summed E-state index contributed by atoms with van der Waals surface area (Å²) < 4.78 is 36.1. The zero-order valence-corrected chi connectivity index (χ0v) is 35.9. The molecule has 4 amide bonds. The maximum Gasteiger partial charge on any atom is 0.329 e. The largest absolute Gasteiger partial charge is 0.383 e. The second-order valence-corrected chi connectivity index (χ2v) is 17.3. The second-order valence-electron chi connectivity index (χ2n) is 17.3. The molecule has 0 saturated carbocycles. The van der Waals surface area contributed by atoms with Gasteiger partial charge >= 0.3 is 5.69 Å². The van der Waals surface area contributed by atoms with E-state index in [9.17, 15) is 32.8 Å². The Morgan fingerprint density at radius 3 is 2.51 bits per heavy atom. The second kappa shape index (κ2) is 17.1. The molecule has 16 nitrogen and oxygen atoms in total. The Morgan fingerprint density at radius 2 is 1.78 bits per heavy atom. The van der Waals surface area contributed by atoms with E-state index in [-0.39, 0.29) is 47.9 Å². The lowest BCUT2D eigenvalue weighted by atomic mass is 9.92. The summed E-state index contributed by atoms with van der Waals surface area (Å²) in [5.41, 5.74) is 6.50. The number of benzene rings is 2. The predicted molar refractivity (Wildman–Crippen MR) is 232 cm³/mol. The summed E-state index contributed by atoms with van der Waals surface area (Å²) in [6.07, 6.45) is 6.56. The first-order valence-corrected chi connectivity index (χ1v) is 22.0. The molecule has 3 aromatic heterocycles. The number of carbonyl (C=O) groups is 4. The Bertz CT molecular complexity index is 2670. The van der Waals surface area contributed by atoms with Crippen molar-refractivity contribution in [3.8, 4) is 11.1 Å². The number of fused-ring (bicyclic) bond motifs is 3. The number of nitrogens with zero attached hydrogens (tertiary/aromatic N) is 9. The molecule has 0 radical (unpaired) electrons. The van der Waals surface area contributed by atoms with Crippen molar-refractivity contribution >= 4 is 51.9 Å². The van der Waals surface area contributed by atoms with E-state index in [1.54, 1.807) is 50.2 Å². The molecule has 4 aliphatic rings. The van der Waals surface area contributed by atoms with E-state index in [4.69, 9.17) is 5.10 Å². The molecule has 18 heteroatoms. The molecular weight excluding hydrogens is 813 g/mol. The Morgan fingerprint density at radius 1 is 0.968 bits per heavy atom. The molecule has 5 aromatic rings. The molecule has 4 aliphatic heterocycles. The van der Waals surface area contributed by atoms with Gasteiger partial charge in [-0.25, -0.2) is 13.6 Å². The van der Waals surface area contributed by atoms with Gasteiger partial charge in [0.2, 0.25) is 23.6 Å². The third-order valence-electron chi connectivity index (χ3n) is 13.3. The van der Waals surface area contributed by atoms with Crippen LogP contribution in [0.2, 0.25) is 0 Å². The molecule has 2 N–H and O–H groups in total. The molecule has 1 atom stereocenters. The van der Waals surface area contributed by atoms with E-state index in [0.717, 1.165) is 60.3 Å². The minimum atomic E-state index is -2.69. The molecule has 2 saturated heterocycles. The lowest BCUT2D eigenvalue weighted by Crippen LogP contribution is -2.44. The number of anilines is 3. The van der Waals surface area contributed by atoms with E-state index < -0.39 is 18.4 Å². The minimum absolute atomic E-state index is 0.0202. The van der Waals surface area contributed by atoms with Crippen LogP contribution in [0.4, 0.5) is 26.0 Å². The molecule has 0 bridgehead atoms. The number of aryl methyl sites for hydroxylation is 3. The van der Waals surface area contributed by atoms with Gasteiger partial charge in [-0.05, 0) is 80.3 Å². The third kappa shape index (κ3) is 7.88. The van der Waals surface area contributed by atoms with Crippen molar-refractivity contribution in [3.05, 3.63) is 75.6 Å². The van der Waals surface area contributed by atoms with Crippen LogP contribution in [-0.2, 0) is 52.7 Å². The molecular formula is C45H53F2N11O5. The number of halogens is 2. The highest BCUT2D eigenvalue weighted by molar-refractivity contribution is 6.00. The fraction of sp³-hybridized carbons (Fsp3) is 0.489. The van der Waals surface area contributed by atoms with Gasteiger partial charge in [-0.1, -0.05) is 6.07 Å². The van der Waals surface area contributed by atoms with Gasteiger partial charge in [0.25, 0.3) is 6.43 Å². The molecule has 1 unspecified atom stereocenters. The summed E-state index contributed by atoms with van der Waals surface area (Å²) in [6.45, 7) is 4.91. The number of hydrogen-bond acceptors (Lipinski definition) is 9. The van der Waals surface area contributed by atoms with Crippen LogP contribution in [-0.4, -0.2) is 94.8 Å². The van der Waals surface area contributed by atoms with Crippen LogP contribution in [0.1, 0.15) is 99.2 Å². The Kier molecular flexibility index (Phi) is 11.4. The minimum Gasteiger partial charge on any atom is -0.383 e. The topological polar surface area (TPSA) is 165 Å². The molecule has 2 fully saturated rings. The summed E-state index contributed by atoms with van der Waals surface area (Å²) >= 11 is 0. The van der Waals surface area contributed by atoms with Gasteiger partial charge in [0.1, 0.15) is 6.04 Å². The van der Waals surface area contributed by atoms with Gasteiger partial charge in [0.15, 0.2) is 5.82 Å². The monoisotopic (exact) mass is 865 g/mol. The maximum atomic E-state index is 14.7. The first-order valence-electron chi connectivity index (χ1n) is 22.0. The average Bonchev–Trinajstić information content (AvgIpc) is 3.96. The standard InChI is InChI=1S/C45H53F2N11O5/c1-27(59)55-21-16-35-33(26-55)43(56-18-7-8-28-22-31(29-24-49-52(2)25-29)32(42(46)47)23-38(28)56)51-58(35)30-14-19-54(20-15-30)40(61)11-4-5-17-48-34-9-6-10-36-41(34)53(3)45(63)57(36)37-12-13-39(60)50-44(37)62/h6,9-10,22-25,30,37,42,48H,4-5,7-8,11-21,26H2,1-3H3,(H,50,60,62). The molecule has 0 spiro atoms. The zero-order chi connectivity index (χ0) is 44.1. The van der Waals surface area contributed by atoms with Gasteiger partial charge in [0.05, 0.1) is 35.5 Å². The van der Waals surface area contributed by atoms with Crippen LogP contribution in [0, 0.1) is 0 Å². The number of amides is 4. The van der Waals surface area contributed by atoms with Crippen LogP contribution in [0.5, 0.6) is 0 Å².